The molecule has 2 heterocycles. The first-order chi connectivity index (χ1) is 14.5. The van der Waals surface area contributed by atoms with Crippen LogP contribution in [0.5, 0.6) is 0 Å². The van der Waals surface area contributed by atoms with Gasteiger partial charge in [-0.3, -0.25) is 15.0 Å². The van der Waals surface area contributed by atoms with Gasteiger partial charge in [-0.15, -0.1) is 10.2 Å². The van der Waals surface area contributed by atoms with Crippen LogP contribution in [0.3, 0.4) is 0 Å². The zero-order valence-electron chi connectivity index (χ0n) is 16.1. The number of aromatic nitrogens is 4. The van der Waals surface area contributed by atoms with Crippen molar-refractivity contribution in [3.8, 4) is 11.4 Å². The van der Waals surface area contributed by atoms with Crippen LogP contribution in [0.25, 0.3) is 11.4 Å². The van der Waals surface area contributed by atoms with Gasteiger partial charge in [0.05, 0.1) is 0 Å². The number of carbonyl (C=O) groups excluding carboxylic acids is 3. The molecule has 1 aromatic heterocycles. The van der Waals surface area contributed by atoms with E-state index in [4.69, 9.17) is 0 Å². The van der Waals surface area contributed by atoms with Gasteiger partial charge >= 0.3 is 6.03 Å². The predicted molar refractivity (Wildman–Crippen MR) is 105 cm³/mol. The van der Waals surface area contributed by atoms with Crippen LogP contribution >= 0.6 is 0 Å². The number of rotatable bonds is 6. The van der Waals surface area contributed by atoms with Gasteiger partial charge in [-0.05, 0) is 17.2 Å². The van der Waals surface area contributed by atoms with Crippen molar-refractivity contribution >= 4 is 17.8 Å². The van der Waals surface area contributed by atoms with Crippen LogP contribution in [0.15, 0.2) is 60.7 Å². The normalized spacial score (nSPS) is 18.4. The Morgan fingerprint density at radius 1 is 1.07 bits per heavy atom. The number of amides is 4. The first kappa shape index (κ1) is 19.2. The van der Waals surface area contributed by atoms with E-state index >= 15 is 0 Å². The van der Waals surface area contributed by atoms with Crippen LogP contribution < -0.4 is 10.7 Å². The van der Waals surface area contributed by atoms with E-state index in [0.717, 1.165) is 10.4 Å². The van der Waals surface area contributed by atoms with Gasteiger partial charge in [0.1, 0.15) is 12.1 Å². The summed E-state index contributed by atoms with van der Waals surface area (Å²) >= 11 is 0. The van der Waals surface area contributed by atoms with Gasteiger partial charge in [0.25, 0.3) is 11.8 Å². The topological polar surface area (TPSA) is 122 Å². The molecule has 1 aliphatic rings. The van der Waals surface area contributed by atoms with Crippen molar-refractivity contribution in [3.05, 3.63) is 66.2 Å². The lowest BCUT2D eigenvalue weighted by Crippen LogP contribution is -2.49. The van der Waals surface area contributed by atoms with Crippen molar-refractivity contribution in [2.24, 2.45) is 0 Å². The van der Waals surface area contributed by atoms with E-state index < -0.39 is 23.4 Å². The van der Waals surface area contributed by atoms with Crippen molar-refractivity contribution in [1.82, 2.24) is 36.0 Å². The Morgan fingerprint density at radius 3 is 2.40 bits per heavy atom. The molecule has 1 saturated heterocycles. The van der Waals surface area contributed by atoms with Crippen LogP contribution in [0.2, 0.25) is 0 Å². The summed E-state index contributed by atoms with van der Waals surface area (Å²) in [4.78, 5) is 39.0. The fraction of sp³-hybridized carbons (Fsp3) is 0.200. The van der Waals surface area contributed by atoms with E-state index in [9.17, 15) is 14.4 Å². The number of urea groups is 1. The number of hydrogen-bond acceptors (Lipinski definition) is 6. The Labute approximate surface area is 171 Å². The quantitative estimate of drug-likeness (QED) is 0.595. The minimum atomic E-state index is -1.22. The first-order valence-corrected chi connectivity index (χ1v) is 9.38. The molecule has 4 rings (SSSR count). The third-order valence-electron chi connectivity index (χ3n) is 4.89. The molecular formula is C20H19N7O3. The lowest BCUT2D eigenvalue weighted by atomic mass is 9.87. The zero-order chi connectivity index (χ0) is 21.1. The first-order valence-electron chi connectivity index (χ1n) is 9.38. The predicted octanol–water partition coefficient (Wildman–Crippen LogP) is 1.23. The molecule has 4 amide bonds. The molecule has 2 aromatic carbocycles. The van der Waals surface area contributed by atoms with Crippen LogP contribution in [0.1, 0.15) is 18.9 Å². The van der Waals surface area contributed by atoms with Crippen molar-refractivity contribution in [2.75, 3.05) is 0 Å². The molecule has 1 atom stereocenters. The number of nitrogens with zero attached hydrogens (tertiary/aromatic N) is 5. The summed E-state index contributed by atoms with van der Waals surface area (Å²) in [5, 5.41) is 15.3. The summed E-state index contributed by atoms with van der Waals surface area (Å²) in [7, 11) is 0. The van der Waals surface area contributed by atoms with Crippen molar-refractivity contribution in [2.45, 2.75) is 25.4 Å². The molecule has 10 heteroatoms. The van der Waals surface area contributed by atoms with Crippen molar-refractivity contribution < 1.29 is 14.4 Å². The molecule has 3 aromatic rings. The maximum Gasteiger partial charge on any atom is 0.344 e. The number of hydrazine groups is 1. The van der Waals surface area contributed by atoms with Crippen molar-refractivity contribution in [3.63, 3.8) is 0 Å². The molecule has 152 valence electrons. The minimum absolute atomic E-state index is 0.304. The van der Waals surface area contributed by atoms with Gasteiger partial charge in [0, 0.05) is 5.56 Å². The second-order valence-electron chi connectivity index (χ2n) is 6.74. The van der Waals surface area contributed by atoms with E-state index in [1.54, 1.807) is 31.2 Å². The van der Waals surface area contributed by atoms with Gasteiger partial charge in [-0.1, -0.05) is 67.6 Å². The summed E-state index contributed by atoms with van der Waals surface area (Å²) in [6.07, 6.45) is 0.332. The second-order valence-corrected chi connectivity index (χ2v) is 6.74. The van der Waals surface area contributed by atoms with Crippen LogP contribution in [0.4, 0.5) is 4.79 Å². The molecule has 1 fully saturated rings. The zero-order valence-corrected chi connectivity index (χ0v) is 16.1. The fourth-order valence-electron chi connectivity index (χ4n) is 3.34. The number of hydrogen-bond donors (Lipinski definition) is 2. The van der Waals surface area contributed by atoms with E-state index in [2.05, 4.69) is 26.2 Å². The largest absolute Gasteiger partial charge is 0.344 e. The summed E-state index contributed by atoms with van der Waals surface area (Å²) in [5.41, 5.74) is 2.52. The highest BCUT2D eigenvalue weighted by Crippen LogP contribution is 2.31. The summed E-state index contributed by atoms with van der Waals surface area (Å²) < 4.78 is 0. The third kappa shape index (κ3) is 3.39. The maximum atomic E-state index is 13.0. The Morgan fingerprint density at radius 2 is 1.73 bits per heavy atom. The number of imide groups is 1. The standard InChI is InChI=1S/C20H19N7O3/c1-2-20(15-11-7-4-8-12-15)18(29)27(19(30)21-20)23-16(28)13-26-24-17(22-25-26)14-9-5-3-6-10-14/h3-12H,2,13H2,1H3,(H,21,30)(H,23,28)/t20-/m0/s1. The molecular weight excluding hydrogens is 386 g/mol. The molecule has 0 unspecified atom stereocenters. The molecule has 0 bridgehead atoms. The molecule has 1 aliphatic heterocycles. The van der Waals surface area contributed by atoms with E-state index in [0.29, 0.717) is 22.8 Å². The van der Waals surface area contributed by atoms with Crippen LogP contribution in [-0.4, -0.2) is 43.1 Å². The smallest absolute Gasteiger partial charge is 0.318 e. The average Bonchev–Trinajstić information content (AvgIpc) is 3.33. The average molecular weight is 405 g/mol. The molecule has 30 heavy (non-hydrogen) atoms. The highest BCUT2D eigenvalue weighted by atomic mass is 16.2. The second kappa shape index (κ2) is 7.74. The minimum Gasteiger partial charge on any atom is -0.318 e. The Balaban J connectivity index is 1.47. The summed E-state index contributed by atoms with van der Waals surface area (Å²) in [6.45, 7) is 1.49. The SMILES string of the molecule is CC[C@@]1(c2ccccc2)NC(=O)N(NC(=O)Cn2nnc(-c3ccccc3)n2)C1=O. The number of carbonyl (C=O) groups is 3. The number of benzene rings is 2. The fourth-order valence-corrected chi connectivity index (χ4v) is 3.34. The number of tetrazole rings is 1. The highest BCUT2D eigenvalue weighted by Gasteiger charge is 2.52. The lowest BCUT2D eigenvalue weighted by Gasteiger charge is -2.25. The molecule has 0 saturated carbocycles. The maximum absolute atomic E-state index is 13.0. The monoisotopic (exact) mass is 405 g/mol. The molecule has 2 N–H and O–H groups in total. The highest BCUT2D eigenvalue weighted by molar-refractivity contribution is 6.08. The van der Waals surface area contributed by atoms with Crippen molar-refractivity contribution in [1.29, 1.82) is 0 Å². The number of nitrogens with one attached hydrogen (secondary N) is 2. The van der Waals surface area contributed by atoms with E-state index in [1.807, 2.05) is 36.4 Å². The Kier molecular flexibility index (Phi) is 4.97. The molecule has 0 aliphatic carbocycles. The molecule has 10 nitrogen and oxygen atoms in total. The summed E-state index contributed by atoms with van der Waals surface area (Å²) in [6, 6.07) is 17.4. The lowest BCUT2D eigenvalue weighted by molar-refractivity contribution is -0.139. The Bertz CT molecular complexity index is 1080. The van der Waals surface area contributed by atoms with Gasteiger partial charge in [-0.2, -0.15) is 9.81 Å². The molecule has 0 radical (unpaired) electrons. The Hall–Kier alpha value is -4.08. The van der Waals surface area contributed by atoms with Gasteiger partial charge in [0.2, 0.25) is 5.82 Å². The summed E-state index contributed by atoms with van der Waals surface area (Å²) in [5.74, 6) is -0.811. The van der Waals surface area contributed by atoms with Gasteiger partial charge in [-0.25, -0.2) is 4.79 Å². The van der Waals surface area contributed by atoms with E-state index in [1.165, 1.54) is 0 Å². The molecule has 0 spiro atoms. The van der Waals surface area contributed by atoms with Crippen LogP contribution in [-0.2, 0) is 21.7 Å². The van der Waals surface area contributed by atoms with Gasteiger partial charge in [0.15, 0.2) is 0 Å². The third-order valence-corrected chi connectivity index (χ3v) is 4.89. The van der Waals surface area contributed by atoms with Gasteiger partial charge < -0.3 is 5.32 Å². The van der Waals surface area contributed by atoms with Crippen LogP contribution in [0, 0.1) is 0 Å². The van der Waals surface area contributed by atoms with E-state index in [-0.39, 0.29) is 6.54 Å².